The molecule has 0 heterocycles. The summed E-state index contributed by atoms with van der Waals surface area (Å²) in [6.07, 6.45) is 0. The van der Waals surface area contributed by atoms with Crippen LogP contribution in [0.25, 0.3) is 0 Å². The van der Waals surface area contributed by atoms with Crippen LogP contribution in [0.4, 0.5) is 0 Å². The maximum Gasteiger partial charge on any atom is 0.241 e. The van der Waals surface area contributed by atoms with Gasteiger partial charge in [-0.15, -0.1) is 0 Å². The number of amides is 1. The molecular formula is C18H23N3O6S2. The van der Waals surface area contributed by atoms with Crippen molar-refractivity contribution in [3.63, 3.8) is 0 Å². The maximum absolute atomic E-state index is 12.2. The van der Waals surface area contributed by atoms with Gasteiger partial charge in [0.15, 0.2) is 0 Å². The zero-order valence-corrected chi connectivity index (χ0v) is 17.6. The number of carbonyl (C=O) groups excluding carboxylic acids is 1. The molecule has 9 nitrogen and oxygen atoms in total. The van der Waals surface area contributed by atoms with Crippen LogP contribution in [0.3, 0.4) is 0 Å². The molecule has 0 aliphatic heterocycles. The number of hydrogen-bond acceptors (Lipinski definition) is 6. The van der Waals surface area contributed by atoms with Crippen molar-refractivity contribution in [1.82, 2.24) is 14.8 Å². The lowest BCUT2D eigenvalue weighted by Gasteiger charge is -2.09. The second kappa shape index (κ2) is 9.83. The van der Waals surface area contributed by atoms with E-state index in [0.717, 1.165) is 5.56 Å². The lowest BCUT2D eigenvalue weighted by molar-refractivity contribution is -0.120. The summed E-state index contributed by atoms with van der Waals surface area (Å²) in [6.45, 7) is -0.227. The van der Waals surface area contributed by atoms with E-state index in [2.05, 4.69) is 14.8 Å². The largest absolute Gasteiger partial charge is 0.497 e. The molecule has 0 bridgehead atoms. The second-order valence-electron chi connectivity index (χ2n) is 6.06. The zero-order chi connectivity index (χ0) is 21.5. The number of methoxy groups -OCH3 is 1. The van der Waals surface area contributed by atoms with Gasteiger partial charge in [0.2, 0.25) is 26.0 Å². The highest BCUT2D eigenvalue weighted by Gasteiger charge is 2.15. The third kappa shape index (κ3) is 7.13. The average Bonchev–Trinajstić information content (AvgIpc) is 2.71. The Morgan fingerprint density at radius 3 is 2.07 bits per heavy atom. The van der Waals surface area contributed by atoms with Crippen molar-refractivity contribution in [1.29, 1.82) is 0 Å². The summed E-state index contributed by atoms with van der Waals surface area (Å²) < 4.78 is 56.9. The van der Waals surface area contributed by atoms with Crippen molar-refractivity contribution in [3.8, 4) is 5.75 Å². The number of benzene rings is 2. The van der Waals surface area contributed by atoms with Gasteiger partial charge in [-0.3, -0.25) is 4.79 Å². The molecule has 0 saturated carbocycles. The smallest absolute Gasteiger partial charge is 0.241 e. The molecule has 0 unspecified atom stereocenters. The fourth-order valence-corrected chi connectivity index (χ4v) is 4.06. The Kier molecular flexibility index (Phi) is 7.73. The number of rotatable bonds is 10. The van der Waals surface area contributed by atoms with Gasteiger partial charge in [-0.2, -0.15) is 0 Å². The van der Waals surface area contributed by atoms with E-state index in [9.17, 15) is 21.6 Å². The van der Waals surface area contributed by atoms with Crippen LogP contribution < -0.4 is 19.5 Å². The lowest BCUT2D eigenvalue weighted by Crippen LogP contribution is -2.36. The molecule has 0 aliphatic rings. The minimum atomic E-state index is -3.82. The Bertz CT molecular complexity index is 1030. The summed E-state index contributed by atoms with van der Waals surface area (Å²) in [5.41, 5.74) is 1.36. The lowest BCUT2D eigenvalue weighted by atomic mass is 10.1. The van der Waals surface area contributed by atoms with E-state index in [-0.39, 0.29) is 17.2 Å². The van der Waals surface area contributed by atoms with Crippen LogP contribution in [0.15, 0.2) is 53.4 Å². The van der Waals surface area contributed by atoms with Crippen molar-refractivity contribution < 1.29 is 26.4 Å². The van der Waals surface area contributed by atoms with E-state index < -0.39 is 32.5 Å². The molecule has 0 aliphatic carbocycles. The van der Waals surface area contributed by atoms with Crippen LogP contribution in [0.5, 0.6) is 5.75 Å². The van der Waals surface area contributed by atoms with E-state index in [1.54, 1.807) is 24.3 Å². The minimum Gasteiger partial charge on any atom is -0.497 e. The molecule has 0 fully saturated rings. The predicted octanol–water partition coefficient (Wildman–Crippen LogP) is 0.339. The third-order valence-electron chi connectivity index (χ3n) is 3.97. The van der Waals surface area contributed by atoms with Crippen molar-refractivity contribution in [2.75, 3.05) is 20.7 Å². The van der Waals surface area contributed by atoms with E-state index in [1.807, 2.05) is 0 Å². The van der Waals surface area contributed by atoms with Crippen molar-refractivity contribution in [3.05, 3.63) is 59.7 Å². The molecule has 1 amide bonds. The van der Waals surface area contributed by atoms with Gasteiger partial charge >= 0.3 is 0 Å². The number of carbonyl (C=O) groups is 1. The first kappa shape index (κ1) is 22.8. The summed E-state index contributed by atoms with van der Waals surface area (Å²) in [7, 11) is -4.34. The number of ether oxygens (including phenoxy) is 1. The Balaban J connectivity index is 1.84. The molecule has 3 N–H and O–H groups in total. The Morgan fingerprint density at radius 1 is 0.931 bits per heavy atom. The van der Waals surface area contributed by atoms with Gasteiger partial charge in [0.1, 0.15) is 5.75 Å². The molecule has 158 valence electrons. The Hall–Kier alpha value is -2.47. The first-order valence-corrected chi connectivity index (χ1v) is 11.7. The summed E-state index contributed by atoms with van der Waals surface area (Å²) in [5.74, 6) is -0.108. The van der Waals surface area contributed by atoms with Crippen LogP contribution in [-0.4, -0.2) is 43.4 Å². The van der Waals surface area contributed by atoms with E-state index in [4.69, 9.17) is 4.74 Å². The SMILES string of the molecule is CNS(=O)(=O)Cc1ccc(CNC(=O)CNS(=O)(=O)c2ccc(OC)cc2)cc1. The van der Waals surface area contributed by atoms with Gasteiger partial charge in [0, 0.05) is 6.54 Å². The van der Waals surface area contributed by atoms with Gasteiger partial charge < -0.3 is 10.1 Å². The fourth-order valence-electron chi connectivity index (χ4n) is 2.31. The second-order valence-corrected chi connectivity index (χ2v) is 9.75. The highest BCUT2D eigenvalue weighted by atomic mass is 32.2. The Labute approximate surface area is 170 Å². The van der Waals surface area contributed by atoms with Gasteiger partial charge in [-0.1, -0.05) is 24.3 Å². The van der Waals surface area contributed by atoms with Gasteiger partial charge in [0.25, 0.3) is 0 Å². The third-order valence-corrected chi connectivity index (χ3v) is 6.73. The molecule has 29 heavy (non-hydrogen) atoms. The minimum absolute atomic E-state index is 0.0261. The number of hydrogen-bond donors (Lipinski definition) is 3. The van der Waals surface area contributed by atoms with E-state index in [0.29, 0.717) is 11.3 Å². The van der Waals surface area contributed by atoms with Crippen molar-refractivity contribution in [2.45, 2.75) is 17.2 Å². The molecule has 0 atom stereocenters. The monoisotopic (exact) mass is 441 g/mol. The molecule has 0 spiro atoms. The average molecular weight is 442 g/mol. The predicted molar refractivity (Wildman–Crippen MR) is 108 cm³/mol. The molecule has 2 aromatic rings. The highest BCUT2D eigenvalue weighted by molar-refractivity contribution is 7.89. The normalized spacial score (nSPS) is 11.8. The van der Waals surface area contributed by atoms with Crippen molar-refractivity contribution in [2.24, 2.45) is 0 Å². The highest BCUT2D eigenvalue weighted by Crippen LogP contribution is 2.15. The quantitative estimate of drug-likeness (QED) is 0.487. The molecule has 2 rings (SSSR count). The summed E-state index contributed by atoms with van der Waals surface area (Å²) >= 11 is 0. The molecular weight excluding hydrogens is 418 g/mol. The number of nitrogens with one attached hydrogen (secondary N) is 3. The van der Waals surface area contributed by atoms with Crippen LogP contribution in [0.2, 0.25) is 0 Å². The van der Waals surface area contributed by atoms with E-state index in [1.165, 1.54) is 38.4 Å². The van der Waals surface area contributed by atoms with Gasteiger partial charge in [-0.25, -0.2) is 26.3 Å². The standard InChI is InChI=1S/C18H23N3O6S2/c1-19-28(23,24)13-15-5-3-14(4-6-15)11-20-18(22)12-21-29(25,26)17-9-7-16(27-2)8-10-17/h3-10,19,21H,11-13H2,1-2H3,(H,20,22). The van der Waals surface area contributed by atoms with Gasteiger partial charge in [-0.05, 0) is 42.4 Å². The van der Waals surface area contributed by atoms with Crippen molar-refractivity contribution >= 4 is 26.0 Å². The van der Waals surface area contributed by atoms with Crippen LogP contribution in [0.1, 0.15) is 11.1 Å². The maximum atomic E-state index is 12.2. The summed E-state index contributed by atoms with van der Waals surface area (Å²) in [4.78, 5) is 12.0. The molecule has 0 aromatic heterocycles. The first-order chi connectivity index (χ1) is 13.6. The summed E-state index contributed by atoms with van der Waals surface area (Å²) in [5, 5.41) is 2.60. The van der Waals surface area contributed by atoms with Crippen LogP contribution in [-0.2, 0) is 37.1 Å². The van der Waals surface area contributed by atoms with Gasteiger partial charge in [0.05, 0.1) is 24.3 Å². The summed E-state index contributed by atoms with van der Waals surface area (Å²) in [6, 6.07) is 12.5. The van der Waals surface area contributed by atoms with E-state index >= 15 is 0 Å². The fraction of sp³-hybridized carbons (Fsp3) is 0.278. The van der Waals surface area contributed by atoms with Crippen LogP contribution >= 0.6 is 0 Å². The number of sulfonamides is 2. The Morgan fingerprint density at radius 2 is 1.52 bits per heavy atom. The molecule has 0 saturated heterocycles. The first-order valence-electron chi connectivity index (χ1n) is 8.54. The van der Waals surface area contributed by atoms with Crippen LogP contribution in [0, 0.1) is 0 Å². The zero-order valence-electron chi connectivity index (χ0n) is 16.0. The topological polar surface area (TPSA) is 131 Å². The molecule has 11 heteroatoms. The molecule has 0 radical (unpaired) electrons. The molecule has 2 aromatic carbocycles.